The second-order valence-electron chi connectivity index (χ2n) is 2.81. The molecule has 14 heavy (non-hydrogen) atoms. The van der Waals surface area contributed by atoms with Gasteiger partial charge in [-0.1, -0.05) is 17.7 Å². The fourth-order valence-electron chi connectivity index (χ4n) is 1.11. The van der Waals surface area contributed by atoms with Gasteiger partial charge in [0.15, 0.2) is 5.75 Å². The zero-order chi connectivity index (χ0) is 10.7. The Morgan fingerprint density at radius 3 is 2.71 bits per heavy atom. The van der Waals surface area contributed by atoms with Gasteiger partial charge in [-0.2, -0.15) is 0 Å². The smallest absolute Gasteiger partial charge is 0.339 e. The van der Waals surface area contributed by atoms with E-state index < -0.39 is 5.97 Å². The molecule has 76 valence electrons. The standard InChI is InChI=1S/C10H11ClO3/c1-3-14-9-7(10(12)13)5-4-6(2)8(9)11/h4-5H,3H2,1-2H3,(H,12,13). The molecule has 0 amide bonds. The predicted octanol–water partition coefficient (Wildman–Crippen LogP) is 2.75. The lowest BCUT2D eigenvalue weighted by Crippen LogP contribution is -2.04. The zero-order valence-electron chi connectivity index (χ0n) is 8.00. The maximum atomic E-state index is 10.8. The molecule has 1 aromatic rings. The summed E-state index contributed by atoms with van der Waals surface area (Å²) < 4.78 is 5.20. The summed E-state index contributed by atoms with van der Waals surface area (Å²) in [6.07, 6.45) is 0. The van der Waals surface area contributed by atoms with Crippen molar-refractivity contribution in [2.45, 2.75) is 13.8 Å². The third-order valence-electron chi connectivity index (χ3n) is 1.81. The molecule has 0 saturated heterocycles. The number of rotatable bonds is 3. The van der Waals surface area contributed by atoms with Gasteiger partial charge in [0.05, 0.1) is 11.6 Å². The van der Waals surface area contributed by atoms with Crippen LogP contribution in [0.4, 0.5) is 0 Å². The summed E-state index contributed by atoms with van der Waals surface area (Å²) in [5, 5.41) is 9.24. The molecular formula is C10H11ClO3. The minimum absolute atomic E-state index is 0.0995. The monoisotopic (exact) mass is 214 g/mol. The zero-order valence-corrected chi connectivity index (χ0v) is 8.76. The summed E-state index contributed by atoms with van der Waals surface area (Å²) in [4.78, 5) is 10.8. The fraction of sp³-hybridized carbons (Fsp3) is 0.300. The van der Waals surface area contributed by atoms with Crippen LogP contribution in [0.15, 0.2) is 12.1 Å². The van der Waals surface area contributed by atoms with Gasteiger partial charge in [-0.05, 0) is 25.5 Å². The van der Waals surface area contributed by atoms with E-state index in [2.05, 4.69) is 0 Å². The molecule has 0 aliphatic carbocycles. The van der Waals surface area contributed by atoms with E-state index in [9.17, 15) is 4.79 Å². The lowest BCUT2D eigenvalue weighted by atomic mass is 10.1. The van der Waals surface area contributed by atoms with Crippen molar-refractivity contribution in [2.24, 2.45) is 0 Å². The average molecular weight is 215 g/mol. The molecule has 0 aromatic heterocycles. The highest BCUT2D eigenvalue weighted by molar-refractivity contribution is 6.33. The summed E-state index contributed by atoms with van der Waals surface area (Å²) >= 11 is 5.93. The van der Waals surface area contributed by atoms with Crippen LogP contribution >= 0.6 is 11.6 Å². The quantitative estimate of drug-likeness (QED) is 0.842. The largest absolute Gasteiger partial charge is 0.491 e. The van der Waals surface area contributed by atoms with Crippen molar-refractivity contribution >= 4 is 17.6 Å². The first-order chi connectivity index (χ1) is 6.57. The van der Waals surface area contributed by atoms with Crippen LogP contribution < -0.4 is 4.74 Å². The first kappa shape index (κ1) is 10.9. The van der Waals surface area contributed by atoms with Gasteiger partial charge in [0.25, 0.3) is 0 Å². The van der Waals surface area contributed by atoms with Crippen molar-refractivity contribution in [3.05, 3.63) is 28.3 Å². The lowest BCUT2D eigenvalue weighted by molar-refractivity contribution is 0.0692. The molecular weight excluding hydrogens is 204 g/mol. The van der Waals surface area contributed by atoms with E-state index in [1.165, 1.54) is 6.07 Å². The summed E-state index contributed by atoms with van der Waals surface area (Å²) in [6.45, 7) is 3.98. The molecule has 0 spiro atoms. The van der Waals surface area contributed by atoms with Gasteiger partial charge in [-0.3, -0.25) is 0 Å². The number of aromatic carboxylic acids is 1. The molecule has 0 bridgehead atoms. The molecule has 0 aliphatic heterocycles. The van der Waals surface area contributed by atoms with Crippen LogP contribution in [-0.4, -0.2) is 17.7 Å². The highest BCUT2D eigenvalue weighted by atomic mass is 35.5. The first-order valence-electron chi connectivity index (χ1n) is 4.23. The van der Waals surface area contributed by atoms with E-state index in [0.717, 1.165) is 5.56 Å². The van der Waals surface area contributed by atoms with Crippen LogP contribution in [0.5, 0.6) is 5.75 Å². The van der Waals surface area contributed by atoms with E-state index in [-0.39, 0.29) is 11.3 Å². The summed E-state index contributed by atoms with van der Waals surface area (Å²) in [5.41, 5.74) is 0.905. The van der Waals surface area contributed by atoms with Gasteiger partial charge < -0.3 is 9.84 Å². The number of hydrogen-bond donors (Lipinski definition) is 1. The third kappa shape index (κ3) is 1.99. The Hall–Kier alpha value is -1.22. The van der Waals surface area contributed by atoms with Gasteiger partial charge in [0.1, 0.15) is 5.56 Å². The molecule has 0 saturated carbocycles. The molecule has 3 nitrogen and oxygen atoms in total. The Bertz CT molecular complexity index is 361. The van der Waals surface area contributed by atoms with Crippen molar-refractivity contribution < 1.29 is 14.6 Å². The number of ether oxygens (including phenoxy) is 1. The van der Waals surface area contributed by atoms with Crippen molar-refractivity contribution in [1.82, 2.24) is 0 Å². The van der Waals surface area contributed by atoms with Crippen LogP contribution in [0.1, 0.15) is 22.8 Å². The maximum Gasteiger partial charge on any atom is 0.339 e. The topological polar surface area (TPSA) is 46.5 Å². The van der Waals surface area contributed by atoms with Crippen molar-refractivity contribution in [3.63, 3.8) is 0 Å². The van der Waals surface area contributed by atoms with E-state index in [4.69, 9.17) is 21.4 Å². The van der Waals surface area contributed by atoms with Gasteiger partial charge >= 0.3 is 5.97 Å². The molecule has 0 atom stereocenters. The number of halogens is 1. The van der Waals surface area contributed by atoms with Crippen molar-refractivity contribution in [3.8, 4) is 5.75 Å². The highest BCUT2D eigenvalue weighted by Crippen LogP contribution is 2.31. The number of aryl methyl sites for hydroxylation is 1. The Morgan fingerprint density at radius 2 is 2.21 bits per heavy atom. The number of hydrogen-bond acceptors (Lipinski definition) is 2. The summed E-state index contributed by atoms with van der Waals surface area (Å²) in [7, 11) is 0. The average Bonchev–Trinajstić information content (AvgIpc) is 2.13. The number of carboxylic acid groups (broad SMARTS) is 1. The van der Waals surface area contributed by atoms with Gasteiger partial charge in [0.2, 0.25) is 0 Å². The normalized spacial score (nSPS) is 9.93. The minimum atomic E-state index is -1.03. The van der Waals surface area contributed by atoms with E-state index in [1.807, 2.05) is 0 Å². The molecule has 0 aliphatic rings. The third-order valence-corrected chi connectivity index (χ3v) is 2.28. The van der Waals surface area contributed by atoms with Gasteiger partial charge in [-0.15, -0.1) is 0 Å². The van der Waals surface area contributed by atoms with E-state index >= 15 is 0 Å². The molecule has 0 unspecified atom stereocenters. The van der Waals surface area contributed by atoms with Crippen molar-refractivity contribution in [2.75, 3.05) is 6.61 Å². The maximum absolute atomic E-state index is 10.8. The van der Waals surface area contributed by atoms with Crippen molar-refractivity contribution in [1.29, 1.82) is 0 Å². The lowest BCUT2D eigenvalue weighted by Gasteiger charge is -2.10. The fourth-order valence-corrected chi connectivity index (χ4v) is 1.33. The Labute approximate surface area is 87.3 Å². The number of carbonyl (C=O) groups is 1. The molecule has 4 heteroatoms. The highest BCUT2D eigenvalue weighted by Gasteiger charge is 2.15. The molecule has 0 radical (unpaired) electrons. The molecule has 0 fully saturated rings. The van der Waals surface area contributed by atoms with Crippen LogP contribution in [0, 0.1) is 6.92 Å². The summed E-state index contributed by atoms with van der Waals surface area (Å²) in [5.74, 6) is -0.781. The second-order valence-corrected chi connectivity index (χ2v) is 3.19. The number of carboxylic acids is 1. The van der Waals surface area contributed by atoms with Gasteiger partial charge in [0, 0.05) is 0 Å². The summed E-state index contributed by atoms with van der Waals surface area (Å²) in [6, 6.07) is 3.16. The van der Waals surface area contributed by atoms with E-state index in [0.29, 0.717) is 11.6 Å². The number of benzene rings is 1. The Morgan fingerprint density at radius 1 is 1.57 bits per heavy atom. The molecule has 1 rings (SSSR count). The second kappa shape index (κ2) is 4.33. The molecule has 0 heterocycles. The predicted molar refractivity (Wildman–Crippen MR) is 54.3 cm³/mol. The van der Waals surface area contributed by atoms with Gasteiger partial charge in [-0.25, -0.2) is 4.79 Å². The molecule has 1 aromatic carbocycles. The van der Waals surface area contributed by atoms with E-state index in [1.54, 1.807) is 19.9 Å². The van der Waals surface area contributed by atoms with Crippen LogP contribution in [-0.2, 0) is 0 Å². The Kier molecular flexibility index (Phi) is 3.36. The van der Waals surface area contributed by atoms with Crippen LogP contribution in [0.2, 0.25) is 5.02 Å². The first-order valence-corrected chi connectivity index (χ1v) is 4.61. The van der Waals surface area contributed by atoms with Crippen LogP contribution in [0.25, 0.3) is 0 Å². The molecule has 1 N–H and O–H groups in total. The van der Waals surface area contributed by atoms with Crippen LogP contribution in [0.3, 0.4) is 0 Å². The SMILES string of the molecule is CCOc1c(C(=O)O)ccc(C)c1Cl. The Balaban J connectivity index is 3.29. The minimum Gasteiger partial charge on any atom is -0.491 e.